The molecule has 0 aliphatic heterocycles. The Bertz CT molecular complexity index is 793. The molecular formula is C18H23ClN2O3S. The molecule has 7 heteroatoms. The van der Waals surface area contributed by atoms with E-state index in [0.717, 1.165) is 0 Å². The third-order valence-corrected chi connectivity index (χ3v) is 5.25. The van der Waals surface area contributed by atoms with Crippen LogP contribution in [-0.2, 0) is 20.4 Å². The van der Waals surface area contributed by atoms with Gasteiger partial charge in [0.25, 0.3) is 0 Å². The van der Waals surface area contributed by atoms with Gasteiger partial charge in [0.2, 0.25) is 5.91 Å². The van der Waals surface area contributed by atoms with Crippen LogP contribution < -0.4 is 11.1 Å². The molecular weight excluding hydrogens is 360 g/mol. The Morgan fingerprint density at radius 3 is 2.32 bits per heavy atom. The molecule has 0 saturated heterocycles. The number of nitrogens with one attached hydrogen (secondary N) is 1. The number of carbonyl (C=O) groups excluding carboxylic acids is 1. The Morgan fingerprint density at radius 1 is 1.08 bits per heavy atom. The van der Waals surface area contributed by atoms with Gasteiger partial charge in [-0.15, -0.1) is 12.4 Å². The zero-order valence-corrected chi connectivity index (χ0v) is 15.6. The van der Waals surface area contributed by atoms with Gasteiger partial charge in [0.05, 0.1) is 10.6 Å². The summed E-state index contributed by atoms with van der Waals surface area (Å²) in [6.45, 7) is 1.84. The minimum Gasteiger partial charge on any atom is -0.328 e. The third-order valence-electron chi connectivity index (χ3n) is 3.57. The van der Waals surface area contributed by atoms with E-state index in [1.165, 1.54) is 0 Å². The second-order valence-electron chi connectivity index (χ2n) is 5.79. The molecule has 2 rings (SSSR count). The Morgan fingerprint density at radius 2 is 1.68 bits per heavy atom. The normalized spacial score (nSPS) is 12.1. The number of halogens is 1. The zero-order valence-electron chi connectivity index (χ0n) is 14.0. The highest BCUT2D eigenvalue weighted by molar-refractivity contribution is 7.90. The predicted octanol–water partition coefficient (Wildman–Crippen LogP) is 3.15. The molecule has 2 aromatic rings. The summed E-state index contributed by atoms with van der Waals surface area (Å²) in [7, 11) is -3.47. The van der Waals surface area contributed by atoms with Crippen LogP contribution in [-0.4, -0.2) is 20.4 Å². The number of sulfone groups is 1. The van der Waals surface area contributed by atoms with E-state index >= 15 is 0 Å². The molecule has 0 fully saturated rings. The number of para-hydroxylation sites is 1. The van der Waals surface area contributed by atoms with Crippen LogP contribution in [0.5, 0.6) is 0 Å². The Kier molecular flexibility index (Phi) is 8.09. The molecule has 0 aromatic heterocycles. The van der Waals surface area contributed by atoms with Gasteiger partial charge in [0, 0.05) is 18.2 Å². The molecule has 0 saturated carbocycles. The summed E-state index contributed by atoms with van der Waals surface area (Å²) < 4.78 is 25.1. The zero-order chi connectivity index (χ0) is 17.6. The van der Waals surface area contributed by atoms with E-state index in [-0.39, 0.29) is 35.0 Å². The van der Waals surface area contributed by atoms with Crippen molar-refractivity contribution in [2.75, 3.05) is 5.32 Å². The minimum atomic E-state index is -3.47. The molecule has 136 valence electrons. The molecule has 3 N–H and O–H groups in total. The van der Waals surface area contributed by atoms with Gasteiger partial charge in [-0.3, -0.25) is 4.79 Å². The molecule has 1 unspecified atom stereocenters. The van der Waals surface area contributed by atoms with Crippen LogP contribution >= 0.6 is 12.4 Å². The van der Waals surface area contributed by atoms with Crippen LogP contribution in [0, 0.1) is 0 Å². The van der Waals surface area contributed by atoms with Crippen molar-refractivity contribution >= 4 is 33.8 Å². The number of rotatable bonds is 7. The molecule has 25 heavy (non-hydrogen) atoms. The fraction of sp³-hybridized carbons (Fsp3) is 0.278. The van der Waals surface area contributed by atoms with Crippen molar-refractivity contribution in [3.63, 3.8) is 0 Å². The topological polar surface area (TPSA) is 89.3 Å². The number of carbonyl (C=O) groups is 1. The molecule has 5 nitrogen and oxygen atoms in total. The smallest absolute Gasteiger partial charge is 0.224 e. The van der Waals surface area contributed by atoms with Gasteiger partial charge >= 0.3 is 0 Å². The van der Waals surface area contributed by atoms with Crippen molar-refractivity contribution in [3.05, 3.63) is 60.2 Å². The quantitative estimate of drug-likeness (QED) is 0.769. The lowest BCUT2D eigenvalue weighted by molar-refractivity contribution is -0.116. The van der Waals surface area contributed by atoms with Gasteiger partial charge in [-0.25, -0.2) is 8.42 Å². The van der Waals surface area contributed by atoms with E-state index in [1.54, 1.807) is 54.6 Å². The Labute approximate surface area is 155 Å². The number of anilines is 1. The highest BCUT2D eigenvalue weighted by Gasteiger charge is 2.17. The van der Waals surface area contributed by atoms with Crippen molar-refractivity contribution < 1.29 is 13.2 Å². The van der Waals surface area contributed by atoms with E-state index in [9.17, 15) is 13.2 Å². The lowest BCUT2D eigenvalue weighted by Crippen LogP contribution is -2.20. The summed E-state index contributed by atoms with van der Waals surface area (Å²) in [4.78, 5) is 12.3. The number of hydrogen-bond donors (Lipinski definition) is 2. The SMILES string of the molecule is CC(N)CCC(=O)Nc1ccccc1CS(=O)(=O)c1ccccc1.Cl. The highest BCUT2D eigenvalue weighted by Crippen LogP contribution is 2.22. The molecule has 0 heterocycles. The largest absolute Gasteiger partial charge is 0.328 e. The van der Waals surface area contributed by atoms with Gasteiger partial charge in [-0.1, -0.05) is 36.4 Å². The molecule has 0 aliphatic carbocycles. The maximum atomic E-state index is 12.5. The Balaban J connectivity index is 0.00000312. The van der Waals surface area contributed by atoms with Crippen molar-refractivity contribution in [1.82, 2.24) is 0 Å². The summed E-state index contributed by atoms with van der Waals surface area (Å²) in [5.41, 5.74) is 6.74. The first-order valence-corrected chi connectivity index (χ1v) is 9.45. The monoisotopic (exact) mass is 382 g/mol. The molecule has 2 aromatic carbocycles. The molecule has 0 spiro atoms. The summed E-state index contributed by atoms with van der Waals surface area (Å²) in [6, 6.07) is 15.2. The van der Waals surface area contributed by atoms with Gasteiger partial charge in [0.1, 0.15) is 0 Å². The van der Waals surface area contributed by atoms with Crippen LogP contribution in [0.1, 0.15) is 25.3 Å². The van der Waals surface area contributed by atoms with Crippen LogP contribution in [0.3, 0.4) is 0 Å². The summed E-state index contributed by atoms with van der Waals surface area (Å²) in [5, 5.41) is 2.78. The van der Waals surface area contributed by atoms with Crippen molar-refractivity contribution in [2.24, 2.45) is 5.73 Å². The van der Waals surface area contributed by atoms with E-state index in [1.807, 2.05) is 6.92 Å². The van der Waals surface area contributed by atoms with Gasteiger partial charge in [-0.05, 0) is 37.1 Å². The van der Waals surface area contributed by atoms with Crippen LogP contribution in [0.4, 0.5) is 5.69 Å². The van der Waals surface area contributed by atoms with Crippen LogP contribution in [0.15, 0.2) is 59.5 Å². The van der Waals surface area contributed by atoms with Crippen molar-refractivity contribution in [1.29, 1.82) is 0 Å². The fourth-order valence-electron chi connectivity index (χ4n) is 2.26. The third kappa shape index (κ3) is 6.49. The summed E-state index contributed by atoms with van der Waals surface area (Å²) in [6.07, 6.45) is 0.883. The average molecular weight is 383 g/mol. The maximum absolute atomic E-state index is 12.5. The molecule has 0 bridgehead atoms. The standard InChI is InChI=1S/C18H22N2O3S.ClH/c1-14(19)11-12-18(21)20-17-10-6-5-7-15(17)13-24(22,23)16-8-3-2-4-9-16;/h2-10,14H,11-13,19H2,1H3,(H,20,21);1H. The minimum absolute atomic E-state index is 0. The number of nitrogens with two attached hydrogens (primary N) is 1. The van der Waals surface area contributed by atoms with Crippen LogP contribution in [0.2, 0.25) is 0 Å². The van der Waals surface area contributed by atoms with Crippen LogP contribution in [0.25, 0.3) is 0 Å². The summed E-state index contributed by atoms with van der Waals surface area (Å²) in [5.74, 6) is -0.335. The first-order chi connectivity index (χ1) is 11.4. The number of benzene rings is 2. The van der Waals surface area contributed by atoms with E-state index in [0.29, 0.717) is 24.1 Å². The van der Waals surface area contributed by atoms with Gasteiger partial charge in [0.15, 0.2) is 9.84 Å². The lowest BCUT2D eigenvalue weighted by Gasteiger charge is -2.12. The number of amides is 1. The average Bonchev–Trinajstić information content (AvgIpc) is 2.55. The Hall–Kier alpha value is -1.89. The van der Waals surface area contributed by atoms with E-state index in [2.05, 4.69) is 5.32 Å². The van der Waals surface area contributed by atoms with Crippen molar-refractivity contribution in [3.8, 4) is 0 Å². The molecule has 1 amide bonds. The lowest BCUT2D eigenvalue weighted by atomic mass is 10.1. The first kappa shape index (κ1) is 21.2. The molecule has 1 atom stereocenters. The molecule has 0 aliphatic rings. The van der Waals surface area contributed by atoms with Crippen molar-refractivity contribution in [2.45, 2.75) is 36.5 Å². The van der Waals surface area contributed by atoms with E-state index in [4.69, 9.17) is 5.73 Å². The maximum Gasteiger partial charge on any atom is 0.224 e. The molecule has 0 radical (unpaired) electrons. The highest BCUT2D eigenvalue weighted by atomic mass is 35.5. The number of hydrogen-bond acceptors (Lipinski definition) is 4. The second-order valence-corrected chi connectivity index (χ2v) is 7.78. The van der Waals surface area contributed by atoms with Gasteiger partial charge in [-0.2, -0.15) is 0 Å². The van der Waals surface area contributed by atoms with E-state index < -0.39 is 9.84 Å². The summed E-state index contributed by atoms with van der Waals surface area (Å²) >= 11 is 0. The second kappa shape index (κ2) is 9.56. The fourth-order valence-corrected chi connectivity index (χ4v) is 3.66. The predicted molar refractivity (Wildman–Crippen MR) is 103 cm³/mol. The van der Waals surface area contributed by atoms with Gasteiger partial charge < -0.3 is 11.1 Å². The first-order valence-electron chi connectivity index (χ1n) is 7.79.